The third-order valence-corrected chi connectivity index (χ3v) is 5.07. The van der Waals surface area contributed by atoms with Crippen molar-refractivity contribution in [3.63, 3.8) is 0 Å². The number of amides is 1. The summed E-state index contributed by atoms with van der Waals surface area (Å²) in [6.07, 6.45) is 8.68. The van der Waals surface area contributed by atoms with Crippen molar-refractivity contribution in [1.82, 2.24) is 5.32 Å². The van der Waals surface area contributed by atoms with Gasteiger partial charge >= 0.3 is 5.97 Å². The van der Waals surface area contributed by atoms with Crippen molar-refractivity contribution in [3.8, 4) is 11.5 Å². The highest BCUT2D eigenvalue weighted by Gasteiger charge is 2.18. The molecule has 1 fully saturated rings. The van der Waals surface area contributed by atoms with E-state index in [-0.39, 0.29) is 17.9 Å². The number of nitrogens with one attached hydrogen (secondary N) is 1. The first-order valence-corrected chi connectivity index (χ1v) is 10.5. The quantitative estimate of drug-likeness (QED) is 0.361. The van der Waals surface area contributed by atoms with Crippen LogP contribution in [0.4, 0.5) is 0 Å². The molecule has 1 saturated carbocycles. The minimum Gasteiger partial charge on any atom is -0.493 e. The van der Waals surface area contributed by atoms with Crippen LogP contribution in [0.1, 0.15) is 57.9 Å². The van der Waals surface area contributed by atoms with E-state index >= 15 is 0 Å². The Kier molecular flexibility index (Phi) is 9.54. The Morgan fingerprint density at radius 1 is 1.17 bits per heavy atom. The first-order valence-electron chi connectivity index (χ1n) is 10.5. The largest absolute Gasteiger partial charge is 0.493 e. The minimum absolute atomic E-state index is 0.0668. The summed E-state index contributed by atoms with van der Waals surface area (Å²) >= 11 is 0. The van der Waals surface area contributed by atoms with Gasteiger partial charge in [-0.1, -0.05) is 13.0 Å². The molecule has 29 heavy (non-hydrogen) atoms. The van der Waals surface area contributed by atoms with Crippen LogP contribution < -0.4 is 14.8 Å². The molecule has 1 aromatic carbocycles. The summed E-state index contributed by atoms with van der Waals surface area (Å²) in [6, 6.07) is 5.79. The van der Waals surface area contributed by atoms with Crippen LogP contribution in [0.3, 0.4) is 0 Å². The van der Waals surface area contributed by atoms with Gasteiger partial charge in [0.05, 0.1) is 20.3 Å². The van der Waals surface area contributed by atoms with E-state index < -0.39 is 0 Å². The molecule has 1 aliphatic rings. The second-order valence-corrected chi connectivity index (χ2v) is 7.47. The third-order valence-electron chi connectivity index (χ3n) is 5.07. The molecule has 1 N–H and O–H groups in total. The highest BCUT2D eigenvalue weighted by atomic mass is 16.5. The summed E-state index contributed by atoms with van der Waals surface area (Å²) < 4.78 is 16.0. The zero-order valence-corrected chi connectivity index (χ0v) is 17.7. The lowest BCUT2D eigenvalue weighted by Crippen LogP contribution is -2.36. The van der Waals surface area contributed by atoms with Crippen LogP contribution in [0.25, 0.3) is 6.08 Å². The summed E-state index contributed by atoms with van der Waals surface area (Å²) in [7, 11) is 1.57. The third kappa shape index (κ3) is 8.18. The van der Waals surface area contributed by atoms with Crippen molar-refractivity contribution in [2.75, 3.05) is 20.3 Å². The van der Waals surface area contributed by atoms with E-state index in [2.05, 4.69) is 12.2 Å². The van der Waals surface area contributed by atoms with Crippen molar-refractivity contribution < 1.29 is 23.8 Å². The Bertz CT molecular complexity index is 693. The molecule has 0 saturated heterocycles. The zero-order valence-electron chi connectivity index (χ0n) is 17.7. The van der Waals surface area contributed by atoms with Gasteiger partial charge in [0.25, 0.3) is 0 Å². The number of rotatable bonds is 10. The Labute approximate surface area is 173 Å². The van der Waals surface area contributed by atoms with Gasteiger partial charge in [0, 0.05) is 18.5 Å². The number of methoxy groups -OCH3 is 1. The van der Waals surface area contributed by atoms with Gasteiger partial charge in [-0.25, -0.2) is 0 Å². The number of esters is 1. The van der Waals surface area contributed by atoms with Crippen LogP contribution in [0.15, 0.2) is 24.3 Å². The number of ether oxygens (including phenoxy) is 3. The maximum absolute atomic E-state index is 12.2. The molecule has 0 unspecified atom stereocenters. The molecule has 160 valence electrons. The van der Waals surface area contributed by atoms with Crippen LogP contribution in [-0.2, 0) is 14.3 Å². The van der Waals surface area contributed by atoms with Gasteiger partial charge in [-0.15, -0.1) is 0 Å². The lowest BCUT2D eigenvalue weighted by molar-refractivity contribution is -0.143. The molecule has 0 atom stereocenters. The van der Waals surface area contributed by atoms with Gasteiger partial charge in [0.15, 0.2) is 11.5 Å². The van der Waals surface area contributed by atoms with E-state index in [0.717, 1.165) is 24.3 Å². The normalized spacial score (nSPS) is 19.0. The van der Waals surface area contributed by atoms with E-state index in [1.807, 2.05) is 18.2 Å². The fourth-order valence-corrected chi connectivity index (χ4v) is 3.36. The molecule has 2 rings (SSSR count). The molecule has 6 nitrogen and oxygen atoms in total. The van der Waals surface area contributed by atoms with E-state index in [1.54, 1.807) is 26.2 Å². The molecule has 6 heteroatoms. The highest BCUT2D eigenvalue weighted by molar-refractivity contribution is 5.92. The number of carbonyl (C=O) groups excluding carboxylic acids is 2. The lowest BCUT2D eigenvalue weighted by atomic mass is 9.87. The monoisotopic (exact) mass is 403 g/mol. The van der Waals surface area contributed by atoms with E-state index in [9.17, 15) is 9.59 Å². The van der Waals surface area contributed by atoms with Gasteiger partial charge in [-0.2, -0.15) is 0 Å². The smallest absolute Gasteiger partial charge is 0.305 e. The maximum atomic E-state index is 12.2. The maximum Gasteiger partial charge on any atom is 0.305 e. The second kappa shape index (κ2) is 12.1. The van der Waals surface area contributed by atoms with E-state index in [0.29, 0.717) is 37.6 Å². The Hall–Kier alpha value is -2.50. The molecule has 1 aliphatic carbocycles. The summed E-state index contributed by atoms with van der Waals surface area (Å²) in [5.74, 6) is 1.67. The second-order valence-electron chi connectivity index (χ2n) is 7.47. The number of hydrogen-bond acceptors (Lipinski definition) is 5. The number of benzene rings is 1. The number of carbonyl (C=O) groups is 2. The highest BCUT2D eigenvalue weighted by Crippen LogP contribution is 2.29. The zero-order chi connectivity index (χ0) is 21.1. The number of hydrogen-bond donors (Lipinski definition) is 1. The molecule has 0 spiro atoms. The average Bonchev–Trinajstić information content (AvgIpc) is 2.72. The molecule has 0 heterocycles. The first-order chi connectivity index (χ1) is 14.0. The summed E-state index contributed by atoms with van der Waals surface area (Å²) in [6.45, 7) is 4.83. The Morgan fingerprint density at radius 3 is 2.62 bits per heavy atom. The SMILES string of the molecule is CCOC(=O)CCCOc1ccc(C=CC(=O)NC2CCC(C)CC2)cc1OC. The van der Waals surface area contributed by atoms with Gasteiger partial charge in [0.2, 0.25) is 5.91 Å². The van der Waals surface area contributed by atoms with Crippen molar-refractivity contribution in [2.24, 2.45) is 5.92 Å². The Balaban J connectivity index is 1.83. The predicted molar refractivity (Wildman–Crippen MR) is 113 cm³/mol. The molecular weight excluding hydrogens is 370 g/mol. The fraction of sp³-hybridized carbons (Fsp3) is 0.565. The molecule has 0 radical (unpaired) electrons. The van der Waals surface area contributed by atoms with Crippen molar-refractivity contribution in [2.45, 2.75) is 58.4 Å². The average molecular weight is 404 g/mol. The Morgan fingerprint density at radius 2 is 1.93 bits per heavy atom. The molecule has 1 amide bonds. The van der Waals surface area contributed by atoms with Crippen molar-refractivity contribution >= 4 is 18.0 Å². The standard InChI is InChI=1S/C23H33NO5/c1-4-28-23(26)6-5-15-29-20-13-9-18(16-21(20)27-3)10-14-22(25)24-19-11-7-17(2)8-12-19/h9-10,13-14,16-17,19H,4-8,11-12,15H2,1-3H3,(H,24,25). The molecular formula is C23H33NO5. The summed E-state index contributed by atoms with van der Waals surface area (Å²) in [5, 5.41) is 3.08. The van der Waals surface area contributed by atoms with Crippen molar-refractivity contribution in [3.05, 3.63) is 29.8 Å². The summed E-state index contributed by atoms with van der Waals surface area (Å²) in [5.41, 5.74) is 0.855. The van der Waals surface area contributed by atoms with Crippen LogP contribution in [0.2, 0.25) is 0 Å². The molecule has 1 aromatic rings. The fourth-order valence-electron chi connectivity index (χ4n) is 3.36. The predicted octanol–water partition coefficient (Wildman–Crippen LogP) is 4.13. The van der Waals surface area contributed by atoms with E-state index in [1.165, 1.54) is 12.8 Å². The van der Waals surface area contributed by atoms with Crippen molar-refractivity contribution in [1.29, 1.82) is 0 Å². The van der Waals surface area contributed by atoms with Crippen LogP contribution in [-0.4, -0.2) is 38.2 Å². The van der Waals surface area contributed by atoms with Gasteiger partial charge in [-0.05, 0) is 68.7 Å². The van der Waals surface area contributed by atoms with E-state index in [4.69, 9.17) is 14.2 Å². The first kappa shape index (κ1) is 22.8. The van der Waals surface area contributed by atoms with Crippen LogP contribution in [0.5, 0.6) is 11.5 Å². The van der Waals surface area contributed by atoms with Crippen LogP contribution >= 0.6 is 0 Å². The topological polar surface area (TPSA) is 73.9 Å². The summed E-state index contributed by atoms with van der Waals surface area (Å²) in [4.78, 5) is 23.5. The molecule has 0 aromatic heterocycles. The molecule has 0 bridgehead atoms. The van der Waals surface area contributed by atoms with Gasteiger partial charge in [0.1, 0.15) is 0 Å². The van der Waals surface area contributed by atoms with Crippen LogP contribution in [0, 0.1) is 5.92 Å². The lowest BCUT2D eigenvalue weighted by Gasteiger charge is -2.26. The molecule has 0 aliphatic heterocycles. The van der Waals surface area contributed by atoms with Gasteiger partial charge in [-0.3, -0.25) is 9.59 Å². The van der Waals surface area contributed by atoms with Gasteiger partial charge < -0.3 is 19.5 Å². The minimum atomic E-state index is -0.218.